The van der Waals surface area contributed by atoms with Crippen molar-refractivity contribution in [2.24, 2.45) is 23.2 Å². The summed E-state index contributed by atoms with van der Waals surface area (Å²) in [5.41, 5.74) is -0.268. The first-order chi connectivity index (χ1) is 10.6. The van der Waals surface area contributed by atoms with E-state index in [2.05, 4.69) is 46.9 Å². The normalized spacial score (nSPS) is 29.3. The Kier molecular flexibility index (Phi) is 7.53. The van der Waals surface area contributed by atoms with Crippen LogP contribution in [0, 0.1) is 23.2 Å². The summed E-state index contributed by atoms with van der Waals surface area (Å²) >= 11 is 0. The third kappa shape index (κ3) is 5.86. The lowest BCUT2D eigenvalue weighted by Crippen LogP contribution is -2.52. The molecule has 0 aliphatic heterocycles. The molecule has 0 bridgehead atoms. The van der Waals surface area contributed by atoms with Crippen molar-refractivity contribution in [3.8, 4) is 0 Å². The van der Waals surface area contributed by atoms with E-state index in [9.17, 15) is 4.79 Å². The van der Waals surface area contributed by atoms with Gasteiger partial charge in [0.05, 0.1) is 6.04 Å². The summed E-state index contributed by atoms with van der Waals surface area (Å²) in [6, 6.07) is 0.0145. The molecule has 24 heavy (non-hydrogen) atoms. The van der Waals surface area contributed by atoms with Crippen LogP contribution in [0.1, 0.15) is 100 Å². The van der Waals surface area contributed by atoms with E-state index in [1.807, 2.05) is 0 Å². The first-order valence-electron chi connectivity index (χ1n) is 9.90. The minimum Gasteiger partial charge on any atom is -0.303 e. The van der Waals surface area contributed by atoms with Crippen LogP contribution in [0.5, 0.6) is 0 Å². The molecule has 2 aliphatic rings. The molecule has 0 amide bonds. The number of nitrogens with one attached hydrogen (secondary N) is 1. The summed E-state index contributed by atoms with van der Waals surface area (Å²) in [6.45, 7) is 12.7. The van der Waals surface area contributed by atoms with E-state index in [1.54, 1.807) is 0 Å². The van der Waals surface area contributed by atoms with Gasteiger partial charge >= 0.3 is 0 Å². The fourth-order valence-corrected chi connectivity index (χ4v) is 4.94. The number of rotatable bonds is 4. The molecule has 4 unspecified atom stereocenters. The van der Waals surface area contributed by atoms with Crippen LogP contribution in [0.2, 0.25) is 0 Å². The molecule has 2 saturated carbocycles. The molecule has 2 heteroatoms. The Balaban J connectivity index is 0.00000288. The highest BCUT2D eigenvalue weighted by Crippen LogP contribution is 2.45. The predicted molar refractivity (Wildman–Crippen MR) is 105 cm³/mol. The average Bonchev–Trinajstić information content (AvgIpc) is 2.44. The zero-order valence-corrected chi connectivity index (χ0v) is 16.4. The Morgan fingerprint density at radius 3 is 2.12 bits per heavy atom. The van der Waals surface area contributed by atoms with Gasteiger partial charge in [0.15, 0.2) is 5.78 Å². The molecule has 142 valence electrons. The Bertz CT molecular complexity index is 399. The number of carbonyl (C=O) groups excluding carboxylic acids is 1. The number of Topliss-reactive ketones (excluding diaryl/α,β-unsaturated/α-hetero) is 1. The second-order valence-electron chi connectivity index (χ2n) is 10.2. The van der Waals surface area contributed by atoms with Crippen LogP contribution >= 0.6 is 0 Å². The van der Waals surface area contributed by atoms with Gasteiger partial charge in [0.25, 0.3) is 0 Å². The quantitative estimate of drug-likeness (QED) is 0.682. The van der Waals surface area contributed by atoms with Crippen molar-refractivity contribution in [2.75, 3.05) is 0 Å². The SMILES string of the molecule is C.CC(C)(C)NC(CC1CCCC2CCCCC21)C(=O)C(C)(C)C. The molecule has 4 atom stereocenters. The van der Waals surface area contributed by atoms with Gasteiger partial charge in [0.2, 0.25) is 0 Å². The van der Waals surface area contributed by atoms with Gasteiger partial charge < -0.3 is 5.32 Å². The highest BCUT2D eigenvalue weighted by Gasteiger charge is 2.39. The highest BCUT2D eigenvalue weighted by atomic mass is 16.1. The molecule has 2 aliphatic carbocycles. The van der Waals surface area contributed by atoms with Crippen LogP contribution in [0.25, 0.3) is 0 Å². The van der Waals surface area contributed by atoms with E-state index in [-0.39, 0.29) is 24.4 Å². The molecular formula is C22H43NO. The largest absolute Gasteiger partial charge is 0.303 e. The van der Waals surface area contributed by atoms with Gasteiger partial charge in [-0.05, 0) is 51.4 Å². The topological polar surface area (TPSA) is 29.1 Å². The molecule has 0 saturated heterocycles. The van der Waals surface area contributed by atoms with Crippen molar-refractivity contribution in [2.45, 2.75) is 112 Å². The Morgan fingerprint density at radius 2 is 1.54 bits per heavy atom. The van der Waals surface area contributed by atoms with Gasteiger partial charge in [-0.15, -0.1) is 0 Å². The minimum atomic E-state index is -0.260. The van der Waals surface area contributed by atoms with Crippen molar-refractivity contribution in [3.63, 3.8) is 0 Å². The maximum atomic E-state index is 13.0. The fourth-order valence-electron chi connectivity index (χ4n) is 4.94. The van der Waals surface area contributed by atoms with E-state index >= 15 is 0 Å². The molecule has 2 nitrogen and oxygen atoms in total. The van der Waals surface area contributed by atoms with Crippen molar-refractivity contribution in [1.29, 1.82) is 0 Å². The van der Waals surface area contributed by atoms with Crippen molar-refractivity contribution < 1.29 is 4.79 Å². The first-order valence-corrected chi connectivity index (χ1v) is 9.90. The summed E-state index contributed by atoms with van der Waals surface area (Å²) < 4.78 is 0. The van der Waals surface area contributed by atoms with Gasteiger partial charge in [-0.2, -0.15) is 0 Å². The summed E-state index contributed by atoms with van der Waals surface area (Å²) in [7, 11) is 0. The van der Waals surface area contributed by atoms with Crippen molar-refractivity contribution in [3.05, 3.63) is 0 Å². The first kappa shape index (κ1) is 21.7. The monoisotopic (exact) mass is 337 g/mol. The van der Waals surface area contributed by atoms with Gasteiger partial charge in [-0.25, -0.2) is 0 Å². The zero-order valence-electron chi connectivity index (χ0n) is 16.4. The Morgan fingerprint density at radius 1 is 0.958 bits per heavy atom. The van der Waals surface area contributed by atoms with Crippen LogP contribution in [-0.4, -0.2) is 17.4 Å². The molecule has 2 fully saturated rings. The van der Waals surface area contributed by atoms with Gasteiger partial charge in [0.1, 0.15) is 0 Å². The summed E-state index contributed by atoms with van der Waals surface area (Å²) in [5.74, 6) is 2.97. The lowest BCUT2D eigenvalue weighted by Gasteiger charge is -2.43. The Hall–Kier alpha value is -0.370. The van der Waals surface area contributed by atoms with E-state index in [1.165, 1.54) is 44.9 Å². The van der Waals surface area contributed by atoms with Gasteiger partial charge in [0, 0.05) is 11.0 Å². The lowest BCUT2D eigenvalue weighted by atomic mass is 9.63. The van der Waals surface area contributed by atoms with E-state index in [0.717, 1.165) is 24.2 Å². The molecule has 0 heterocycles. The molecule has 0 aromatic rings. The smallest absolute Gasteiger partial charge is 0.155 e. The highest BCUT2D eigenvalue weighted by molar-refractivity contribution is 5.88. The standard InChI is InChI=1S/C21H39NO.CH4/c1-20(2,3)19(23)18(22-21(4,5)6)14-16-12-9-11-15-10-7-8-13-17(15)16;/h15-18,22H,7-14H2,1-6H3;1H4. The van der Waals surface area contributed by atoms with Crippen LogP contribution in [0.15, 0.2) is 0 Å². The molecule has 1 N–H and O–H groups in total. The van der Waals surface area contributed by atoms with Crippen molar-refractivity contribution in [1.82, 2.24) is 5.32 Å². The van der Waals surface area contributed by atoms with Gasteiger partial charge in [-0.1, -0.05) is 66.7 Å². The van der Waals surface area contributed by atoms with E-state index < -0.39 is 0 Å². The zero-order chi connectivity index (χ0) is 17.3. The number of carbonyl (C=O) groups is 1. The maximum Gasteiger partial charge on any atom is 0.155 e. The summed E-state index contributed by atoms with van der Waals surface area (Å²) in [4.78, 5) is 13.0. The molecule has 2 rings (SSSR count). The number of hydrogen-bond donors (Lipinski definition) is 1. The molecule has 0 aromatic carbocycles. The molecule has 0 radical (unpaired) electrons. The maximum absolute atomic E-state index is 13.0. The third-order valence-electron chi connectivity index (χ3n) is 5.92. The summed E-state index contributed by atoms with van der Waals surface area (Å²) in [6.07, 6.45) is 10.9. The van der Waals surface area contributed by atoms with Crippen molar-refractivity contribution >= 4 is 5.78 Å². The van der Waals surface area contributed by atoms with Crippen LogP contribution in [0.4, 0.5) is 0 Å². The minimum absolute atomic E-state index is 0. The summed E-state index contributed by atoms with van der Waals surface area (Å²) in [5, 5.41) is 3.66. The van der Waals surface area contributed by atoms with Crippen LogP contribution in [-0.2, 0) is 4.79 Å². The van der Waals surface area contributed by atoms with Crippen LogP contribution in [0.3, 0.4) is 0 Å². The van der Waals surface area contributed by atoms with E-state index in [0.29, 0.717) is 5.78 Å². The fraction of sp³-hybridized carbons (Fsp3) is 0.955. The predicted octanol–water partition coefficient (Wildman–Crippen LogP) is 5.99. The molecular weight excluding hydrogens is 294 g/mol. The second kappa shape index (κ2) is 8.34. The number of ketones is 1. The Labute approximate surface area is 151 Å². The lowest BCUT2D eigenvalue weighted by molar-refractivity contribution is -0.129. The number of hydrogen-bond acceptors (Lipinski definition) is 2. The average molecular weight is 338 g/mol. The molecule has 0 aromatic heterocycles. The molecule has 0 spiro atoms. The van der Waals surface area contributed by atoms with Gasteiger partial charge in [-0.3, -0.25) is 4.79 Å². The third-order valence-corrected chi connectivity index (χ3v) is 5.92. The second-order valence-corrected chi connectivity index (χ2v) is 10.2. The van der Waals surface area contributed by atoms with E-state index in [4.69, 9.17) is 0 Å². The van der Waals surface area contributed by atoms with Crippen LogP contribution < -0.4 is 5.32 Å². The number of fused-ring (bicyclic) bond motifs is 1.